The summed E-state index contributed by atoms with van der Waals surface area (Å²) in [7, 11) is 0. The minimum Gasteiger partial charge on any atom is -0.342 e. The number of piperidine rings is 1. The number of thiazole rings is 1. The lowest BCUT2D eigenvalue weighted by Crippen LogP contribution is -2.41. The molecule has 2 aromatic rings. The van der Waals surface area contributed by atoms with Crippen LogP contribution in [-0.2, 0) is 11.2 Å². The van der Waals surface area contributed by atoms with Gasteiger partial charge in [0.2, 0.25) is 5.91 Å². The monoisotopic (exact) mass is 348 g/mol. The van der Waals surface area contributed by atoms with Gasteiger partial charge in [-0.2, -0.15) is 0 Å². The van der Waals surface area contributed by atoms with E-state index in [4.69, 9.17) is 11.6 Å². The average Bonchev–Trinajstić information content (AvgIpc) is 3.11. The van der Waals surface area contributed by atoms with Crippen LogP contribution in [0.1, 0.15) is 28.2 Å². The van der Waals surface area contributed by atoms with Gasteiger partial charge in [-0.05, 0) is 30.5 Å². The molecule has 23 heavy (non-hydrogen) atoms. The number of benzene rings is 1. The van der Waals surface area contributed by atoms with Crippen LogP contribution in [0.15, 0.2) is 35.8 Å². The zero-order chi connectivity index (χ0) is 16.2. The molecule has 2 heterocycles. The molecule has 0 atom stereocenters. The summed E-state index contributed by atoms with van der Waals surface area (Å²) >= 11 is 7.24. The third-order valence-corrected chi connectivity index (χ3v) is 5.17. The molecule has 6 heteroatoms. The molecule has 4 nitrogen and oxygen atoms in total. The highest BCUT2D eigenvalue weighted by Gasteiger charge is 2.28. The van der Waals surface area contributed by atoms with Crippen molar-refractivity contribution in [3.8, 4) is 0 Å². The van der Waals surface area contributed by atoms with Crippen molar-refractivity contribution in [2.75, 3.05) is 13.1 Å². The fourth-order valence-corrected chi connectivity index (χ4v) is 3.58. The predicted molar refractivity (Wildman–Crippen MR) is 90.9 cm³/mol. The molecule has 0 aliphatic carbocycles. The summed E-state index contributed by atoms with van der Waals surface area (Å²) in [6, 6.07) is 7.34. The number of carbonyl (C=O) groups excluding carboxylic acids is 2. The van der Waals surface area contributed by atoms with Crippen LogP contribution < -0.4 is 0 Å². The van der Waals surface area contributed by atoms with Crippen LogP contribution in [0.2, 0.25) is 5.02 Å². The predicted octanol–water partition coefficient (Wildman–Crippen LogP) is 3.46. The van der Waals surface area contributed by atoms with Crippen molar-refractivity contribution < 1.29 is 9.59 Å². The number of Topliss-reactive ketones (excluding diaryl/α,β-unsaturated/α-hetero) is 1. The van der Waals surface area contributed by atoms with Crippen LogP contribution in [0.5, 0.6) is 0 Å². The molecule has 120 valence electrons. The summed E-state index contributed by atoms with van der Waals surface area (Å²) in [5, 5.41) is 3.07. The number of rotatable bonds is 4. The van der Waals surface area contributed by atoms with Crippen molar-refractivity contribution in [2.45, 2.75) is 19.3 Å². The van der Waals surface area contributed by atoms with E-state index in [0.717, 1.165) is 5.56 Å². The molecule has 1 aliphatic rings. The third kappa shape index (κ3) is 3.98. The molecule has 0 bridgehead atoms. The Morgan fingerprint density at radius 1 is 1.22 bits per heavy atom. The molecular weight excluding hydrogens is 332 g/mol. The lowest BCUT2D eigenvalue weighted by molar-refractivity contribution is -0.131. The smallest absolute Gasteiger partial charge is 0.226 e. The molecule has 0 unspecified atom stereocenters. The summed E-state index contributed by atoms with van der Waals surface area (Å²) in [6.45, 7) is 1.27. The lowest BCUT2D eigenvalue weighted by atomic mass is 9.92. The molecule has 0 N–H and O–H groups in total. The van der Waals surface area contributed by atoms with Crippen molar-refractivity contribution in [3.05, 3.63) is 51.4 Å². The van der Waals surface area contributed by atoms with Gasteiger partial charge in [0.05, 0.1) is 6.42 Å². The minimum absolute atomic E-state index is 0.0132. The molecule has 1 aliphatic heterocycles. The highest BCUT2D eigenvalue weighted by molar-refractivity contribution is 7.11. The number of hydrogen-bond acceptors (Lipinski definition) is 4. The number of hydrogen-bond donors (Lipinski definition) is 0. The van der Waals surface area contributed by atoms with Crippen molar-refractivity contribution >= 4 is 34.6 Å². The standard InChI is InChI=1S/C17H17ClN2O2S/c18-14-3-1-12(2-4-14)11-15(21)20-8-5-13(6-9-20)16(22)17-19-7-10-23-17/h1-4,7,10,13H,5-6,8-9,11H2. The third-order valence-electron chi connectivity index (χ3n) is 4.13. The first-order chi connectivity index (χ1) is 11.1. The molecule has 0 saturated carbocycles. The van der Waals surface area contributed by atoms with Gasteiger partial charge >= 0.3 is 0 Å². The number of carbonyl (C=O) groups is 2. The molecule has 1 fully saturated rings. The van der Waals surface area contributed by atoms with Crippen LogP contribution in [0.3, 0.4) is 0 Å². The Morgan fingerprint density at radius 3 is 2.52 bits per heavy atom. The Bertz CT molecular complexity index is 677. The summed E-state index contributed by atoms with van der Waals surface area (Å²) in [4.78, 5) is 30.6. The maximum atomic E-state index is 12.4. The van der Waals surface area contributed by atoms with E-state index in [1.807, 2.05) is 22.4 Å². The summed E-state index contributed by atoms with van der Waals surface area (Å²) in [5.74, 6) is 0.206. The van der Waals surface area contributed by atoms with E-state index in [0.29, 0.717) is 42.4 Å². The number of amides is 1. The Morgan fingerprint density at radius 2 is 1.91 bits per heavy atom. The Hall–Kier alpha value is -1.72. The van der Waals surface area contributed by atoms with Crippen molar-refractivity contribution in [3.63, 3.8) is 0 Å². The van der Waals surface area contributed by atoms with Crippen molar-refractivity contribution in [1.82, 2.24) is 9.88 Å². The Labute approximate surface area is 144 Å². The molecule has 0 spiro atoms. The van der Waals surface area contributed by atoms with E-state index in [1.165, 1.54) is 11.3 Å². The van der Waals surface area contributed by atoms with E-state index in [2.05, 4.69) is 4.98 Å². The van der Waals surface area contributed by atoms with Gasteiger partial charge < -0.3 is 4.90 Å². The average molecular weight is 349 g/mol. The van der Waals surface area contributed by atoms with Gasteiger partial charge in [0.15, 0.2) is 10.8 Å². The fourth-order valence-electron chi connectivity index (χ4n) is 2.80. The first-order valence-corrected chi connectivity index (χ1v) is 8.85. The summed E-state index contributed by atoms with van der Waals surface area (Å²) in [5.41, 5.74) is 0.959. The van der Waals surface area contributed by atoms with Gasteiger partial charge in [0.1, 0.15) is 0 Å². The van der Waals surface area contributed by atoms with E-state index >= 15 is 0 Å². The maximum absolute atomic E-state index is 12.4. The quantitative estimate of drug-likeness (QED) is 0.795. The zero-order valence-corrected chi connectivity index (χ0v) is 14.1. The first-order valence-electron chi connectivity index (χ1n) is 7.59. The number of aromatic nitrogens is 1. The minimum atomic E-state index is -0.0132. The van der Waals surface area contributed by atoms with Gasteiger partial charge in [-0.15, -0.1) is 11.3 Å². The zero-order valence-electron chi connectivity index (χ0n) is 12.6. The largest absolute Gasteiger partial charge is 0.342 e. The lowest BCUT2D eigenvalue weighted by Gasteiger charge is -2.31. The molecule has 1 aromatic carbocycles. The van der Waals surface area contributed by atoms with Crippen LogP contribution in [0.25, 0.3) is 0 Å². The van der Waals surface area contributed by atoms with Gasteiger partial charge in [0.25, 0.3) is 0 Å². The highest BCUT2D eigenvalue weighted by Crippen LogP contribution is 2.23. The van der Waals surface area contributed by atoms with Gasteiger partial charge in [-0.3, -0.25) is 9.59 Å². The van der Waals surface area contributed by atoms with Crippen LogP contribution >= 0.6 is 22.9 Å². The molecule has 1 aromatic heterocycles. The number of ketones is 1. The summed E-state index contributed by atoms with van der Waals surface area (Å²) in [6.07, 6.45) is 3.46. The molecule has 0 radical (unpaired) electrons. The van der Waals surface area contributed by atoms with Crippen LogP contribution in [0.4, 0.5) is 0 Å². The van der Waals surface area contributed by atoms with E-state index in [-0.39, 0.29) is 17.6 Å². The maximum Gasteiger partial charge on any atom is 0.226 e. The fraction of sp³-hybridized carbons (Fsp3) is 0.353. The van der Waals surface area contributed by atoms with Crippen LogP contribution in [-0.4, -0.2) is 34.7 Å². The second-order valence-electron chi connectivity index (χ2n) is 5.66. The van der Waals surface area contributed by atoms with Gasteiger partial charge in [-0.1, -0.05) is 23.7 Å². The second kappa shape index (κ2) is 7.23. The Kier molecular flexibility index (Phi) is 5.08. The van der Waals surface area contributed by atoms with E-state index in [9.17, 15) is 9.59 Å². The number of likely N-dealkylation sites (tertiary alicyclic amines) is 1. The molecule has 3 rings (SSSR count). The molecule has 1 amide bonds. The number of nitrogens with zero attached hydrogens (tertiary/aromatic N) is 2. The summed E-state index contributed by atoms with van der Waals surface area (Å²) < 4.78 is 0. The van der Waals surface area contributed by atoms with E-state index in [1.54, 1.807) is 18.3 Å². The Balaban J connectivity index is 1.53. The topological polar surface area (TPSA) is 50.3 Å². The SMILES string of the molecule is O=C(c1nccs1)C1CCN(C(=O)Cc2ccc(Cl)cc2)CC1. The number of halogens is 1. The molecule has 1 saturated heterocycles. The molecular formula is C17H17ClN2O2S. The van der Waals surface area contributed by atoms with Gasteiger partial charge in [-0.25, -0.2) is 4.98 Å². The van der Waals surface area contributed by atoms with E-state index < -0.39 is 0 Å². The van der Waals surface area contributed by atoms with Crippen molar-refractivity contribution in [1.29, 1.82) is 0 Å². The first kappa shape index (κ1) is 16.1. The van der Waals surface area contributed by atoms with Crippen LogP contribution in [0, 0.1) is 5.92 Å². The second-order valence-corrected chi connectivity index (χ2v) is 6.99. The highest BCUT2D eigenvalue weighted by atomic mass is 35.5. The van der Waals surface area contributed by atoms with Crippen molar-refractivity contribution in [2.24, 2.45) is 5.92 Å². The normalized spacial score (nSPS) is 15.6. The van der Waals surface area contributed by atoms with Gasteiger partial charge in [0, 0.05) is 35.6 Å².